The molecule has 0 aromatic heterocycles. The van der Waals surface area contributed by atoms with Crippen LogP contribution < -0.4 is 0 Å². The largest absolute Gasteiger partial charge is 0.481 e. The summed E-state index contributed by atoms with van der Waals surface area (Å²) in [5.41, 5.74) is 0.660. The highest BCUT2D eigenvalue weighted by Gasteiger charge is 2.51. The summed E-state index contributed by atoms with van der Waals surface area (Å²) in [6, 6.07) is 7.88. The zero-order valence-electron chi connectivity index (χ0n) is 10.5. The molecule has 1 fully saturated rings. The van der Waals surface area contributed by atoms with Gasteiger partial charge in [0, 0.05) is 4.47 Å². The van der Waals surface area contributed by atoms with Crippen LogP contribution in [0.2, 0.25) is 0 Å². The summed E-state index contributed by atoms with van der Waals surface area (Å²) >= 11 is 3.44. The van der Waals surface area contributed by atoms with Crippen LogP contribution in [0.25, 0.3) is 0 Å². The van der Waals surface area contributed by atoms with E-state index in [1.807, 2.05) is 38.1 Å². The third kappa shape index (κ3) is 2.19. The molecule has 1 aliphatic rings. The number of benzene rings is 1. The van der Waals surface area contributed by atoms with Crippen molar-refractivity contribution in [3.63, 3.8) is 0 Å². The summed E-state index contributed by atoms with van der Waals surface area (Å²) in [5, 5.41) is 9.51. The predicted octanol–water partition coefficient (Wildman–Crippen LogP) is 3.07. The van der Waals surface area contributed by atoms with E-state index in [0.29, 0.717) is 13.2 Å². The molecule has 0 radical (unpaired) electrons. The van der Waals surface area contributed by atoms with E-state index in [4.69, 9.17) is 4.74 Å². The summed E-state index contributed by atoms with van der Waals surface area (Å²) < 4.78 is 6.31. The summed E-state index contributed by atoms with van der Waals surface area (Å²) in [7, 11) is 0. The minimum Gasteiger partial charge on any atom is -0.481 e. The monoisotopic (exact) mass is 312 g/mol. The van der Waals surface area contributed by atoms with Crippen molar-refractivity contribution in [1.29, 1.82) is 0 Å². The van der Waals surface area contributed by atoms with E-state index in [2.05, 4.69) is 15.9 Å². The fourth-order valence-electron chi connectivity index (χ4n) is 2.81. The number of hydrogen-bond donors (Lipinski definition) is 1. The Morgan fingerprint density at radius 1 is 1.44 bits per heavy atom. The lowest BCUT2D eigenvalue weighted by molar-refractivity contribution is -0.161. The zero-order valence-corrected chi connectivity index (χ0v) is 12.1. The summed E-state index contributed by atoms with van der Waals surface area (Å²) in [6.07, 6.45) is 0. The zero-order chi connectivity index (χ0) is 13.3. The van der Waals surface area contributed by atoms with Gasteiger partial charge in [-0.2, -0.15) is 0 Å². The number of hydrogen-bond acceptors (Lipinski definition) is 2. The molecule has 4 heteroatoms. The smallest absolute Gasteiger partial charge is 0.307 e. The van der Waals surface area contributed by atoms with Crippen molar-refractivity contribution >= 4 is 21.9 Å². The van der Waals surface area contributed by atoms with Gasteiger partial charge in [0.2, 0.25) is 0 Å². The van der Waals surface area contributed by atoms with E-state index in [-0.39, 0.29) is 11.3 Å². The predicted molar refractivity (Wildman–Crippen MR) is 72.6 cm³/mol. The average molecular weight is 313 g/mol. The molecular formula is C14H17BrO3. The molecule has 1 atom stereocenters. The first-order chi connectivity index (χ1) is 8.47. The molecule has 1 unspecified atom stereocenters. The Bertz CT molecular complexity index is 452. The molecule has 0 bridgehead atoms. The summed E-state index contributed by atoms with van der Waals surface area (Å²) in [4.78, 5) is 11.6. The first kappa shape index (κ1) is 13.6. The van der Waals surface area contributed by atoms with Gasteiger partial charge in [0.05, 0.1) is 24.5 Å². The molecule has 1 aromatic carbocycles. The van der Waals surface area contributed by atoms with Gasteiger partial charge in [-0.25, -0.2) is 0 Å². The van der Waals surface area contributed by atoms with Gasteiger partial charge in [0.15, 0.2) is 0 Å². The number of carboxylic acid groups (broad SMARTS) is 1. The van der Waals surface area contributed by atoms with Crippen LogP contribution in [-0.4, -0.2) is 24.3 Å². The standard InChI is InChI=1S/C14H17BrO3/c1-9(2)12(13(16)17)14(7-18-8-14)10-4-3-5-11(15)6-10/h3-6,9,12H,7-8H2,1-2H3,(H,16,17). The topological polar surface area (TPSA) is 46.5 Å². The van der Waals surface area contributed by atoms with E-state index in [0.717, 1.165) is 10.0 Å². The van der Waals surface area contributed by atoms with Gasteiger partial charge in [0.1, 0.15) is 0 Å². The molecule has 0 saturated carbocycles. The molecule has 18 heavy (non-hydrogen) atoms. The lowest BCUT2D eigenvalue weighted by atomic mass is 9.64. The first-order valence-corrected chi connectivity index (χ1v) is 6.83. The number of ether oxygens (including phenoxy) is 1. The van der Waals surface area contributed by atoms with E-state index in [1.54, 1.807) is 0 Å². The third-order valence-corrected chi connectivity index (χ3v) is 4.14. The minimum absolute atomic E-state index is 0.0744. The maximum absolute atomic E-state index is 11.6. The van der Waals surface area contributed by atoms with Gasteiger partial charge < -0.3 is 9.84 Å². The Kier molecular flexibility index (Phi) is 3.78. The van der Waals surface area contributed by atoms with Crippen molar-refractivity contribution in [1.82, 2.24) is 0 Å². The fraction of sp³-hybridized carbons (Fsp3) is 0.500. The SMILES string of the molecule is CC(C)C(C(=O)O)C1(c2cccc(Br)c2)COC1. The molecule has 0 amide bonds. The van der Waals surface area contributed by atoms with E-state index < -0.39 is 11.9 Å². The van der Waals surface area contributed by atoms with Crippen molar-refractivity contribution < 1.29 is 14.6 Å². The van der Waals surface area contributed by atoms with Crippen LogP contribution >= 0.6 is 15.9 Å². The van der Waals surface area contributed by atoms with E-state index >= 15 is 0 Å². The van der Waals surface area contributed by atoms with Crippen molar-refractivity contribution in [2.24, 2.45) is 11.8 Å². The van der Waals surface area contributed by atoms with E-state index in [9.17, 15) is 9.90 Å². The van der Waals surface area contributed by atoms with Gasteiger partial charge in [-0.15, -0.1) is 0 Å². The van der Waals surface area contributed by atoms with Gasteiger partial charge in [-0.3, -0.25) is 4.79 Å². The molecule has 1 heterocycles. The average Bonchev–Trinajstić information content (AvgIpc) is 2.21. The molecule has 3 nitrogen and oxygen atoms in total. The second-order valence-corrected chi connectivity index (χ2v) is 6.13. The highest BCUT2D eigenvalue weighted by atomic mass is 79.9. The summed E-state index contributed by atoms with van der Waals surface area (Å²) in [6.45, 7) is 4.88. The van der Waals surface area contributed by atoms with Gasteiger partial charge in [-0.05, 0) is 23.6 Å². The Morgan fingerprint density at radius 3 is 2.50 bits per heavy atom. The quantitative estimate of drug-likeness (QED) is 0.929. The van der Waals surface area contributed by atoms with Crippen molar-refractivity contribution in [2.45, 2.75) is 19.3 Å². The van der Waals surface area contributed by atoms with E-state index in [1.165, 1.54) is 0 Å². The molecule has 1 aliphatic heterocycles. The number of carboxylic acids is 1. The fourth-order valence-corrected chi connectivity index (χ4v) is 3.20. The van der Waals surface area contributed by atoms with Gasteiger partial charge in [0.25, 0.3) is 0 Å². The van der Waals surface area contributed by atoms with Crippen molar-refractivity contribution in [3.8, 4) is 0 Å². The van der Waals surface area contributed by atoms with Gasteiger partial charge >= 0.3 is 5.97 Å². The molecule has 1 N–H and O–H groups in total. The maximum Gasteiger partial charge on any atom is 0.307 e. The lowest BCUT2D eigenvalue weighted by Crippen LogP contribution is -2.56. The van der Waals surface area contributed by atoms with Crippen LogP contribution in [0, 0.1) is 11.8 Å². The summed E-state index contributed by atoms with van der Waals surface area (Å²) in [5.74, 6) is -1.08. The molecule has 0 spiro atoms. The number of rotatable bonds is 4. The first-order valence-electron chi connectivity index (χ1n) is 6.04. The van der Waals surface area contributed by atoms with Crippen LogP contribution in [0.5, 0.6) is 0 Å². The second kappa shape index (κ2) is 5.02. The Labute approximate surface area is 115 Å². The van der Waals surface area contributed by atoms with Crippen molar-refractivity contribution in [2.75, 3.05) is 13.2 Å². The molecule has 2 rings (SSSR count). The number of aliphatic carboxylic acids is 1. The molecule has 1 saturated heterocycles. The van der Waals surface area contributed by atoms with Crippen LogP contribution in [0.1, 0.15) is 19.4 Å². The van der Waals surface area contributed by atoms with Gasteiger partial charge in [-0.1, -0.05) is 41.9 Å². The maximum atomic E-state index is 11.6. The second-order valence-electron chi connectivity index (χ2n) is 5.22. The Morgan fingerprint density at radius 2 is 2.11 bits per heavy atom. The van der Waals surface area contributed by atoms with Crippen LogP contribution in [0.15, 0.2) is 28.7 Å². The third-order valence-electron chi connectivity index (χ3n) is 3.65. The highest BCUT2D eigenvalue weighted by Crippen LogP contribution is 2.43. The lowest BCUT2D eigenvalue weighted by Gasteiger charge is -2.47. The Balaban J connectivity index is 2.44. The normalized spacial score (nSPS) is 19.3. The Hall–Kier alpha value is -0.870. The molecule has 98 valence electrons. The molecule has 1 aromatic rings. The van der Waals surface area contributed by atoms with Crippen molar-refractivity contribution in [3.05, 3.63) is 34.3 Å². The molecule has 0 aliphatic carbocycles. The molecular weight excluding hydrogens is 296 g/mol. The highest BCUT2D eigenvalue weighted by molar-refractivity contribution is 9.10. The van der Waals surface area contributed by atoms with Crippen LogP contribution in [0.3, 0.4) is 0 Å². The number of carbonyl (C=O) groups is 1. The number of halogens is 1. The minimum atomic E-state index is -0.742. The van der Waals surface area contributed by atoms with Crippen LogP contribution in [-0.2, 0) is 14.9 Å². The van der Waals surface area contributed by atoms with Crippen LogP contribution in [0.4, 0.5) is 0 Å².